The zero-order valence-corrected chi connectivity index (χ0v) is 12.2. The van der Waals surface area contributed by atoms with E-state index in [0.717, 1.165) is 29.5 Å². The molecule has 2 heterocycles. The first-order chi connectivity index (χ1) is 8.96. The summed E-state index contributed by atoms with van der Waals surface area (Å²) in [6, 6.07) is 0. The third-order valence-electron chi connectivity index (χ3n) is 3.35. The minimum Gasteiger partial charge on any atom is -0.443 e. The molecule has 0 bridgehead atoms. The van der Waals surface area contributed by atoms with Crippen molar-refractivity contribution in [2.75, 3.05) is 7.05 Å². The minimum atomic E-state index is -0.191. The second-order valence-electron chi connectivity index (χ2n) is 5.15. The Labute approximate surface area is 113 Å². The highest BCUT2D eigenvalue weighted by Crippen LogP contribution is 2.17. The number of aryl methyl sites for hydroxylation is 2. The predicted molar refractivity (Wildman–Crippen MR) is 71.8 cm³/mol. The summed E-state index contributed by atoms with van der Waals surface area (Å²) in [6.45, 7) is 8.67. The van der Waals surface area contributed by atoms with Gasteiger partial charge in [-0.3, -0.25) is 0 Å². The van der Waals surface area contributed by atoms with Crippen LogP contribution < -0.4 is 5.32 Å². The second-order valence-corrected chi connectivity index (χ2v) is 5.15. The van der Waals surface area contributed by atoms with Gasteiger partial charge in [0.05, 0.1) is 17.4 Å². The van der Waals surface area contributed by atoms with Crippen molar-refractivity contribution in [3.05, 3.63) is 29.2 Å². The first-order valence-corrected chi connectivity index (χ1v) is 6.51. The monoisotopic (exact) mass is 263 g/mol. The minimum absolute atomic E-state index is 0.191. The molecule has 2 rings (SSSR count). The average molecular weight is 263 g/mol. The summed E-state index contributed by atoms with van der Waals surface area (Å²) in [5.41, 5.74) is 1.63. The molecule has 0 aliphatic heterocycles. The van der Waals surface area contributed by atoms with Crippen LogP contribution in [0.25, 0.3) is 0 Å². The molecule has 0 aliphatic rings. The number of hydrogen-bond donors (Lipinski definition) is 1. The Morgan fingerprint density at radius 3 is 2.74 bits per heavy atom. The first-order valence-electron chi connectivity index (χ1n) is 6.51. The Hall–Kier alpha value is -1.69. The molecule has 0 radical (unpaired) electrons. The molecule has 6 heteroatoms. The van der Waals surface area contributed by atoms with Gasteiger partial charge in [-0.05, 0) is 27.8 Å². The van der Waals surface area contributed by atoms with Crippen molar-refractivity contribution >= 4 is 0 Å². The van der Waals surface area contributed by atoms with Crippen molar-refractivity contribution in [3.8, 4) is 0 Å². The van der Waals surface area contributed by atoms with Crippen LogP contribution in [-0.2, 0) is 18.5 Å². The van der Waals surface area contributed by atoms with E-state index in [2.05, 4.69) is 34.5 Å². The van der Waals surface area contributed by atoms with Crippen molar-refractivity contribution in [3.63, 3.8) is 0 Å². The fourth-order valence-electron chi connectivity index (χ4n) is 1.72. The Kier molecular flexibility index (Phi) is 3.71. The fraction of sp³-hybridized carbons (Fsp3) is 0.615. The third kappa shape index (κ3) is 2.84. The molecule has 0 saturated heterocycles. The SMILES string of the molecule is CCc1nc(C)c(Cn2cc(C(C)(C)NC)nn2)o1. The van der Waals surface area contributed by atoms with Crippen molar-refractivity contribution in [2.24, 2.45) is 0 Å². The van der Waals surface area contributed by atoms with E-state index in [9.17, 15) is 0 Å². The zero-order chi connectivity index (χ0) is 14.0. The van der Waals surface area contributed by atoms with E-state index in [-0.39, 0.29) is 5.54 Å². The average Bonchev–Trinajstić information content (AvgIpc) is 2.98. The molecule has 0 spiro atoms. The first kappa shape index (κ1) is 13.7. The highest BCUT2D eigenvalue weighted by atomic mass is 16.4. The lowest BCUT2D eigenvalue weighted by Crippen LogP contribution is -2.33. The van der Waals surface area contributed by atoms with Crippen LogP contribution in [0.5, 0.6) is 0 Å². The summed E-state index contributed by atoms with van der Waals surface area (Å²) >= 11 is 0. The van der Waals surface area contributed by atoms with Crippen molar-refractivity contribution in [1.82, 2.24) is 25.3 Å². The third-order valence-corrected chi connectivity index (χ3v) is 3.35. The Morgan fingerprint density at radius 1 is 1.42 bits per heavy atom. The van der Waals surface area contributed by atoms with Crippen LogP contribution >= 0.6 is 0 Å². The molecule has 0 aliphatic carbocycles. The molecular weight excluding hydrogens is 242 g/mol. The Balaban J connectivity index is 2.18. The molecule has 0 aromatic carbocycles. The van der Waals surface area contributed by atoms with E-state index < -0.39 is 0 Å². The zero-order valence-electron chi connectivity index (χ0n) is 12.2. The van der Waals surface area contributed by atoms with Gasteiger partial charge in [0.25, 0.3) is 0 Å². The van der Waals surface area contributed by atoms with Gasteiger partial charge in [-0.2, -0.15) is 0 Å². The molecule has 19 heavy (non-hydrogen) atoms. The smallest absolute Gasteiger partial charge is 0.194 e. The van der Waals surface area contributed by atoms with Gasteiger partial charge in [-0.25, -0.2) is 9.67 Å². The number of nitrogens with one attached hydrogen (secondary N) is 1. The lowest BCUT2D eigenvalue weighted by molar-refractivity contribution is 0.430. The maximum absolute atomic E-state index is 5.67. The predicted octanol–water partition coefficient (Wildman–Crippen LogP) is 1.64. The topological polar surface area (TPSA) is 68.8 Å². The Bertz CT molecular complexity index is 555. The van der Waals surface area contributed by atoms with Gasteiger partial charge in [-0.15, -0.1) is 5.10 Å². The van der Waals surface area contributed by atoms with Crippen LogP contribution in [0.15, 0.2) is 10.6 Å². The number of rotatable bonds is 5. The summed E-state index contributed by atoms with van der Waals surface area (Å²) in [5, 5.41) is 11.5. The molecule has 104 valence electrons. The summed E-state index contributed by atoms with van der Waals surface area (Å²) in [4.78, 5) is 4.36. The Morgan fingerprint density at radius 2 is 2.16 bits per heavy atom. The van der Waals surface area contributed by atoms with Gasteiger partial charge in [-0.1, -0.05) is 12.1 Å². The van der Waals surface area contributed by atoms with E-state index in [1.807, 2.05) is 27.1 Å². The highest BCUT2D eigenvalue weighted by molar-refractivity contribution is 5.11. The van der Waals surface area contributed by atoms with Gasteiger partial charge in [0.1, 0.15) is 18.0 Å². The largest absolute Gasteiger partial charge is 0.443 e. The molecule has 0 fully saturated rings. The molecule has 2 aromatic heterocycles. The number of nitrogens with zero attached hydrogens (tertiary/aromatic N) is 4. The summed E-state index contributed by atoms with van der Waals surface area (Å²) < 4.78 is 7.45. The lowest BCUT2D eigenvalue weighted by Gasteiger charge is -2.20. The van der Waals surface area contributed by atoms with Crippen molar-refractivity contribution in [2.45, 2.75) is 46.2 Å². The van der Waals surface area contributed by atoms with Crippen LogP contribution in [0, 0.1) is 6.92 Å². The van der Waals surface area contributed by atoms with Crippen LogP contribution in [-0.4, -0.2) is 27.0 Å². The number of aromatic nitrogens is 4. The van der Waals surface area contributed by atoms with E-state index in [4.69, 9.17) is 4.42 Å². The molecule has 0 atom stereocenters. The maximum Gasteiger partial charge on any atom is 0.194 e. The highest BCUT2D eigenvalue weighted by Gasteiger charge is 2.22. The van der Waals surface area contributed by atoms with E-state index in [1.54, 1.807) is 4.68 Å². The molecule has 0 unspecified atom stereocenters. The van der Waals surface area contributed by atoms with E-state index in [1.165, 1.54) is 0 Å². The van der Waals surface area contributed by atoms with Crippen LogP contribution in [0.2, 0.25) is 0 Å². The van der Waals surface area contributed by atoms with Gasteiger partial charge < -0.3 is 9.73 Å². The summed E-state index contributed by atoms with van der Waals surface area (Å²) in [5.74, 6) is 1.61. The van der Waals surface area contributed by atoms with Crippen molar-refractivity contribution in [1.29, 1.82) is 0 Å². The van der Waals surface area contributed by atoms with Gasteiger partial charge in [0.2, 0.25) is 0 Å². The molecular formula is C13H21N5O. The molecule has 0 amide bonds. The summed E-state index contributed by atoms with van der Waals surface area (Å²) in [7, 11) is 1.91. The lowest BCUT2D eigenvalue weighted by atomic mass is 10.0. The van der Waals surface area contributed by atoms with Crippen LogP contribution in [0.4, 0.5) is 0 Å². The van der Waals surface area contributed by atoms with E-state index >= 15 is 0 Å². The van der Waals surface area contributed by atoms with Gasteiger partial charge >= 0.3 is 0 Å². The van der Waals surface area contributed by atoms with Gasteiger partial charge in [0, 0.05) is 6.42 Å². The number of hydrogen-bond acceptors (Lipinski definition) is 5. The normalized spacial score (nSPS) is 12.1. The maximum atomic E-state index is 5.67. The summed E-state index contributed by atoms with van der Waals surface area (Å²) in [6.07, 6.45) is 2.74. The molecule has 0 saturated carbocycles. The molecule has 6 nitrogen and oxygen atoms in total. The second kappa shape index (κ2) is 5.13. The van der Waals surface area contributed by atoms with Crippen LogP contribution in [0.1, 0.15) is 43.8 Å². The standard InChI is InChI=1S/C13H21N5O/c1-6-12-15-9(2)10(19-12)7-18-8-11(16-17-18)13(3,4)14-5/h8,14H,6-7H2,1-5H3. The number of oxazole rings is 1. The van der Waals surface area contributed by atoms with Crippen LogP contribution in [0.3, 0.4) is 0 Å². The van der Waals surface area contributed by atoms with Crippen molar-refractivity contribution < 1.29 is 4.42 Å². The van der Waals surface area contributed by atoms with E-state index in [0.29, 0.717) is 6.54 Å². The molecule has 1 N–H and O–H groups in total. The quantitative estimate of drug-likeness (QED) is 0.888. The van der Waals surface area contributed by atoms with Gasteiger partial charge in [0.15, 0.2) is 5.89 Å². The molecule has 2 aromatic rings. The fourth-order valence-corrected chi connectivity index (χ4v) is 1.72.